The van der Waals surface area contributed by atoms with Gasteiger partial charge in [0.1, 0.15) is 11.6 Å². The van der Waals surface area contributed by atoms with Crippen LogP contribution in [0.5, 0.6) is 0 Å². The van der Waals surface area contributed by atoms with Crippen molar-refractivity contribution in [3.8, 4) is 11.1 Å². The number of nitrogens with zero attached hydrogens (tertiary/aromatic N) is 1. The average Bonchev–Trinajstić information content (AvgIpc) is 3.38. The van der Waals surface area contributed by atoms with Gasteiger partial charge in [0, 0.05) is 27.1 Å². The van der Waals surface area contributed by atoms with E-state index in [9.17, 15) is 27.2 Å². The van der Waals surface area contributed by atoms with E-state index in [1.165, 1.54) is 18.3 Å². The molecule has 0 radical (unpaired) electrons. The standard InChI is InChI=1S/C23H12ClF5N4O2/c24-14-2-1-10(25)6-11(14)20-17-12(3-8-7-31-33-19(8)18(17)22(35)32-20)16-13(21(30)34)4-9(5-15(16)26)23(27,28)29/h1-7,20H,(H2,30,34)(H,31,33)(H,32,35). The number of benzene rings is 3. The van der Waals surface area contributed by atoms with Crippen molar-refractivity contribution < 1.29 is 31.5 Å². The van der Waals surface area contributed by atoms with Crippen LogP contribution in [0.25, 0.3) is 22.0 Å². The van der Waals surface area contributed by atoms with Crippen LogP contribution in [-0.4, -0.2) is 22.0 Å². The Morgan fingerprint density at radius 2 is 1.83 bits per heavy atom. The number of hydrogen-bond acceptors (Lipinski definition) is 3. The Hall–Kier alpha value is -3.99. The van der Waals surface area contributed by atoms with E-state index in [0.29, 0.717) is 11.5 Å². The number of alkyl halides is 3. The summed E-state index contributed by atoms with van der Waals surface area (Å²) in [5.41, 5.74) is 2.98. The number of fused-ring (bicyclic) bond motifs is 3. The van der Waals surface area contributed by atoms with Crippen LogP contribution < -0.4 is 11.1 Å². The average molecular weight is 507 g/mol. The van der Waals surface area contributed by atoms with Gasteiger partial charge in [0.15, 0.2) is 0 Å². The minimum Gasteiger partial charge on any atom is -0.366 e. The minimum atomic E-state index is -4.95. The molecular weight excluding hydrogens is 495 g/mol. The summed E-state index contributed by atoms with van der Waals surface area (Å²) < 4.78 is 69.3. The highest BCUT2D eigenvalue weighted by Crippen LogP contribution is 2.45. The van der Waals surface area contributed by atoms with Gasteiger partial charge >= 0.3 is 6.18 Å². The van der Waals surface area contributed by atoms with E-state index in [4.69, 9.17) is 17.3 Å². The molecule has 6 nitrogen and oxygen atoms in total. The first-order chi connectivity index (χ1) is 16.5. The molecule has 0 fully saturated rings. The Kier molecular flexibility index (Phi) is 5.06. The molecule has 4 aromatic rings. The number of primary amides is 1. The second-order valence-corrected chi connectivity index (χ2v) is 8.27. The Morgan fingerprint density at radius 3 is 2.51 bits per heavy atom. The number of amides is 2. The molecule has 1 aliphatic heterocycles. The molecule has 1 unspecified atom stereocenters. The topological polar surface area (TPSA) is 101 Å². The number of nitrogens with one attached hydrogen (secondary N) is 2. The van der Waals surface area contributed by atoms with Gasteiger partial charge in [-0.25, -0.2) is 8.78 Å². The zero-order valence-electron chi connectivity index (χ0n) is 17.2. The third-order valence-corrected chi connectivity index (χ3v) is 6.13. The lowest BCUT2D eigenvalue weighted by molar-refractivity contribution is -0.137. The number of rotatable bonds is 3. The van der Waals surface area contributed by atoms with Crippen LogP contribution in [0.1, 0.15) is 43.4 Å². The van der Waals surface area contributed by atoms with Crippen LogP contribution in [0.2, 0.25) is 5.02 Å². The van der Waals surface area contributed by atoms with Crippen LogP contribution in [0.15, 0.2) is 42.6 Å². The molecule has 1 aromatic heterocycles. The van der Waals surface area contributed by atoms with E-state index < -0.39 is 52.4 Å². The number of hydrogen-bond donors (Lipinski definition) is 3. The van der Waals surface area contributed by atoms with Crippen molar-refractivity contribution in [1.82, 2.24) is 15.5 Å². The Labute approximate surface area is 197 Å². The quantitative estimate of drug-likeness (QED) is 0.336. The number of aromatic nitrogens is 2. The van der Waals surface area contributed by atoms with Crippen molar-refractivity contribution in [2.24, 2.45) is 5.73 Å². The second kappa shape index (κ2) is 7.77. The highest BCUT2D eigenvalue weighted by atomic mass is 35.5. The molecule has 0 bridgehead atoms. The highest BCUT2D eigenvalue weighted by Gasteiger charge is 2.39. The van der Waals surface area contributed by atoms with Crippen molar-refractivity contribution in [1.29, 1.82) is 0 Å². The van der Waals surface area contributed by atoms with E-state index in [1.54, 1.807) is 0 Å². The van der Waals surface area contributed by atoms with E-state index in [1.807, 2.05) is 0 Å². The van der Waals surface area contributed by atoms with Crippen molar-refractivity contribution in [2.75, 3.05) is 0 Å². The monoisotopic (exact) mass is 506 g/mol. The molecular formula is C23H12ClF5N4O2. The maximum Gasteiger partial charge on any atom is 0.416 e. The zero-order valence-corrected chi connectivity index (χ0v) is 18.0. The zero-order chi connectivity index (χ0) is 25.2. The smallest absolute Gasteiger partial charge is 0.366 e. The molecule has 1 atom stereocenters. The summed E-state index contributed by atoms with van der Waals surface area (Å²) in [6.07, 6.45) is -3.63. The molecule has 4 N–H and O–H groups in total. The fourth-order valence-corrected chi connectivity index (χ4v) is 4.56. The first-order valence-electron chi connectivity index (χ1n) is 9.94. The summed E-state index contributed by atoms with van der Waals surface area (Å²) in [4.78, 5) is 25.2. The summed E-state index contributed by atoms with van der Waals surface area (Å²) in [5.74, 6) is -4.02. The van der Waals surface area contributed by atoms with Crippen molar-refractivity contribution in [3.05, 3.63) is 87.1 Å². The summed E-state index contributed by atoms with van der Waals surface area (Å²) in [7, 11) is 0. The van der Waals surface area contributed by atoms with E-state index in [0.717, 1.165) is 12.1 Å². The third kappa shape index (κ3) is 3.59. The summed E-state index contributed by atoms with van der Waals surface area (Å²) in [5, 5.41) is 9.56. The fraction of sp³-hybridized carbons (Fsp3) is 0.0870. The molecule has 2 amide bonds. The number of carbonyl (C=O) groups excluding carboxylic acids is 2. The predicted molar refractivity (Wildman–Crippen MR) is 116 cm³/mol. The molecule has 0 saturated carbocycles. The van der Waals surface area contributed by atoms with Crippen molar-refractivity contribution in [3.63, 3.8) is 0 Å². The van der Waals surface area contributed by atoms with E-state index in [-0.39, 0.29) is 38.9 Å². The summed E-state index contributed by atoms with van der Waals surface area (Å²) in [6, 6.07) is 4.36. The first-order valence-corrected chi connectivity index (χ1v) is 10.3. The van der Waals surface area contributed by atoms with Crippen molar-refractivity contribution in [2.45, 2.75) is 12.2 Å². The van der Waals surface area contributed by atoms with E-state index in [2.05, 4.69) is 15.5 Å². The molecule has 0 saturated heterocycles. The largest absolute Gasteiger partial charge is 0.416 e. The number of nitrogens with two attached hydrogens (primary N) is 1. The lowest BCUT2D eigenvalue weighted by Gasteiger charge is -2.20. The molecule has 3 aromatic carbocycles. The van der Waals surface area contributed by atoms with Gasteiger partial charge in [0.25, 0.3) is 5.91 Å². The summed E-state index contributed by atoms with van der Waals surface area (Å²) in [6.45, 7) is 0. The van der Waals surface area contributed by atoms with Crippen molar-refractivity contribution >= 4 is 34.3 Å². The molecule has 35 heavy (non-hydrogen) atoms. The van der Waals surface area contributed by atoms with Gasteiger partial charge in [0.05, 0.1) is 34.4 Å². The number of H-pyrrole nitrogens is 1. The molecule has 2 heterocycles. The van der Waals surface area contributed by atoms with Crippen LogP contribution >= 0.6 is 11.6 Å². The van der Waals surface area contributed by atoms with Gasteiger partial charge in [-0.2, -0.15) is 18.3 Å². The van der Waals surface area contributed by atoms with Gasteiger partial charge in [-0.05, 0) is 42.0 Å². The van der Waals surface area contributed by atoms with Crippen LogP contribution in [-0.2, 0) is 6.18 Å². The van der Waals surface area contributed by atoms with E-state index >= 15 is 4.39 Å². The lowest BCUT2D eigenvalue weighted by atomic mass is 9.86. The fourth-order valence-electron chi connectivity index (χ4n) is 4.33. The normalized spacial score (nSPS) is 15.4. The van der Waals surface area contributed by atoms with Gasteiger partial charge in [0.2, 0.25) is 5.91 Å². The van der Waals surface area contributed by atoms with Crippen LogP contribution in [0, 0.1) is 11.6 Å². The maximum absolute atomic E-state index is 15.3. The van der Waals surface area contributed by atoms with Gasteiger partial charge < -0.3 is 11.1 Å². The number of aromatic amines is 1. The highest BCUT2D eigenvalue weighted by molar-refractivity contribution is 6.31. The van der Waals surface area contributed by atoms with Gasteiger partial charge in [-0.1, -0.05) is 11.6 Å². The molecule has 0 aliphatic carbocycles. The third-order valence-electron chi connectivity index (χ3n) is 5.79. The minimum absolute atomic E-state index is 0.00459. The Bertz CT molecular complexity index is 1560. The maximum atomic E-state index is 15.3. The van der Waals surface area contributed by atoms with Gasteiger partial charge in [-0.15, -0.1) is 0 Å². The molecule has 0 spiro atoms. The van der Waals surface area contributed by atoms with Crippen LogP contribution in [0.4, 0.5) is 22.0 Å². The predicted octanol–water partition coefficient (Wildman–Crippen LogP) is 5.11. The lowest BCUT2D eigenvalue weighted by Crippen LogP contribution is -2.21. The second-order valence-electron chi connectivity index (χ2n) is 7.86. The SMILES string of the molecule is NC(=O)c1cc(C(F)(F)F)cc(F)c1-c1cc2cn[nH]c2c2c1C(c1cc(F)ccc1Cl)NC2=O. The Morgan fingerprint density at radius 1 is 1.09 bits per heavy atom. The molecule has 5 rings (SSSR count). The molecule has 12 heteroatoms. The first kappa shape index (κ1) is 22.8. The molecule has 178 valence electrons. The number of halogens is 6. The van der Waals surface area contributed by atoms with Gasteiger partial charge in [-0.3, -0.25) is 14.7 Å². The molecule has 1 aliphatic rings. The Balaban J connectivity index is 1.89. The van der Waals surface area contributed by atoms with Crippen LogP contribution in [0.3, 0.4) is 0 Å². The summed E-state index contributed by atoms with van der Waals surface area (Å²) >= 11 is 6.26. The number of carbonyl (C=O) groups is 2.